The molecule has 0 atom stereocenters. The summed E-state index contributed by atoms with van der Waals surface area (Å²) in [6.07, 6.45) is 0.755. The van der Waals surface area contributed by atoms with Crippen LogP contribution in [0.3, 0.4) is 0 Å². The Morgan fingerprint density at radius 3 is 2.92 bits per heavy atom. The van der Waals surface area contributed by atoms with Crippen LogP contribution in [0.5, 0.6) is 0 Å². The van der Waals surface area contributed by atoms with E-state index in [1.54, 1.807) is 6.07 Å². The number of hydrogen-bond donors (Lipinski definition) is 1. The van der Waals surface area contributed by atoms with E-state index in [0.29, 0.717) is 13.1 Å². The van der Waals surface area contributed by atoms with Crippen LogP contribution >= 0.6 is 11.6 Å². The normalized spacial score (nSPS) is 10.4. The molecule has 1 aromatic heterocycles. The molecule has 5 heteroatoms. The lowest BCUT2D eigenvalue weighted by molar-refractivity contribution is 0.574. The lowest BCUT2D eigenvalue weighted by Gasteiger charge is -2.04. The quantitative estimate of drug-likeness (QED) is 0.771. The number of halogens is 1. The smallest absolute Gasteiger partial charge is 0.285 e. The first-order chi connectivity index (χ1) is 6.19. The van der Waals surface area contributed by atoms with Gasteiger partial charge in [-0.05, 0) is 12.5 Å². The van der Waals surface area contributed by atoms with E-state index in [4.69, 9.17) is 17.3 Å². The minimum absolute atomic E-state index is 0.209. The molecule has 0 saturated heterocycles. The van der Waals surface area contributed by atoms with Crippen LogP contribution in [0.2, 0.25) is 5.02 Å². The first kappa shape index (κ1) is 10.2. The van der Waals surface area contributed by atoms with E-state index in [0.717, 1.165) is 12.1 Å². The Kier molecular flexibility index (Phi) is 3.45. The van der Waals surface area contributed by atoms with Gasteiger partial charge in [0, 0.05) is 6.54 Å². The zero-order valence-corrected chi connectivity index (χ0v) is 8.21. The van der Waals surface area contributed by atoms with Crippen LogP contribution in [0, 0.1) is 0 Å². The standard InChI is InChI=1S/C8H12ClN3O/c1-2-6-5-7(9)8(13)12(11-6)4-3-10/h5H,2-4,10H2,1H3. The van der Waals surface area contributed by atoms with Crippen LogP contribution in [0.25, 0.3) is 0 Å². The van der Waals surface area contributed by atoms with Crippen LogP contribution < -0.4 is 11.3 Å². The van der Waals surface area contributed by atoms with Crippen molar-refractivity contribution in [3.63, 3.8) is 0 Å². The summed E-state index contributed by atoms with van der Waals surface area (Å²) in [4.78, 5) is 11.3. The highest BCUT2D eigenvalue weighted by atomic mass is 35.5. The fourth-order valence-electron chi connectivity index (χ4n) is 1.01. The molecular weight excluding hydrogens is 190 g/mol. The SMILES string of the molecule is CCc1cc(Cl)c(=O)n(CCN)n1. The van der Waals surface area contributed by atoms with E-state index in [9.17, 15) is 4.79 Å². The molecule has 0 amide bonds. The van der Waals surface area contributed by atoms with Gasteiger partial charge in [-0.3, -0.25) is 4.79 Å². The number of nitrogens with zero attached hydrogens (tertiary/aromatic N) is 2. The Hall–Kier alpha value is -0.870. The monoisotopic (exact) mass is 201 g/mol. The van der Waals surface area contributed by atoms with E-state index in [1.165, 1.54) is 4.68 Å². The largest absolute Gasteiger partial charge is 0.329 e. The third-order valence-corrected chi connectivity index (χ3v) is 1.96. The van der Waals surface area contributed by atoms with Crippen molar-refractivity contribution in [3.05, 3.63) is 27.1 Å². The summed E-state index contributed by atoms with van der Waals surface area (Å²) in [6.45, 7) is 2.75. The number of rotatable bonds is 3. The average Bonchev–Trinajstić information content (AvgIpc) is 2.13. The summed E-state index contributed by atoms with van der Waals surface area (Å²) < 4.78 is 1.31. The number of nitrogens with two attached hydrogens (primary N) is 1. The van der Waals surface area contributed by atoms with Crippen molar-refractivity contribution in [2.24, 2.45) is 5.73 Å². The molecule has 0 spiro atoms. The molecule has 0 unspecified atom stereocenters. The van der Waals surface area contributed by atoms with Crippen LogP contribution in [0.1, 0.15) is 12.6 Å². The van der Waals surface area contributed by atoms with Crippen molar-refractivity contribution in [2.45, 2.75) is 19.9 Å². The summed E-state index contributed by atoms with van der Waals surface area (Å²) in [6, 6.07) is 1.59. The molecule has 0 aliphatic heterocycles. The Labute approximate surface area is 81.3 Å². The van der Waals surface area contributed by atoms with Crippen LogP contribution in [-0.2, 0) is 13.0 Å². The number of aryl methyl sites for hydroxylation is 1. The van der Waals surface area contributed by atoms with Crippen molar-refractivity contribution in [3.8, 4) is 0 Å². The molecule has 4 nitrogen and oxygen atoms in total. The van der Waals surface area contributed by atoms with Gasteiger partial charge in [-0.25, -0.2) is 4.68 Å². The maximum atomic E-state index is 11.3. The van der Waals surface area contributed by atoms with Gasteiger partial charge in [0.05, 0.1) is 12.2 Å². The van der Waals surface area contributed by atoms with Gasteiger partial charge in [-0.15, -0.1) is 0 Å². The minimum atomic E-state index is -0.274. The van der Waals surface area contributed by atoms with Gasteiger partial charge in [0.25, 0.3) is 5.56 Å². The Balaban J connectivity index is 3.17. The van der Waals surface area contributed by atoms with Gasteiger partial charge in [-0.1, -0.05) is 18.5 Å². The minimum Gasteiger partial charge on any atom is -0.329 e. The molecule has 72 valence electrons. The van der Waals surface area contributed by atoms with Crippen LogP contribution in [-0.4, -0.2) is 16.3 Å². The number of hydrogen-bond acceptors (Lipinski definition) is 3. The topological polar surface area (TPSA) is 60.9 Å². The second kappa shape index (κ2) is 4.39. The summed E-state index contributed by atoms with van der Waals surface area (Å²) in [5.41, 5.74) is 5.86. The van der Waals surface area contributed by atoms with Gasteiger partial charge in [0.1, 0.15) is 5.02 Å². The summed E-state index contributed by atoms with van der Waals surface area (Å²) in [5.74, 6) is 0. The molecular formula is C8H12ClN3O. The molecule has 1 heterocycles. The van der Waals surface area contributed by atoms with Crippen molar-refractivity contribution >= 4 is 11.6 Å². The van der Waals surface area contributed by atoms with E-state index in [-0.39, 0.29) is 10.6 Å². The van der Waals surface area contributed by atoms with Gasteiger partial charge < -0.3 is 5.73 Å². The molecule has 1 rings (SSSR count). The predicted octanol–water partition coefficient (Wildman–Crippen LogP) is 0.418. The first-order valence-electron chi connectivity index (χ1n) is 4.15. The molecule has 0 radical (unpaired) electrons. The second-order valence-electron chi connectivity index (χ2n) is 2.65. The number of aromatic nitrogens is 2. The summed E-state index contributed by atoms with van der Waals surface area (Å²) in [7, 11) is 0. The van der Waals surface area contributed by atoms with Gasteiger partial charge in [0.2, 0.25) is 0 Å². The van der Waals surface area contributed by atoms with Crippen LogP contribution in [0.4, 0.5) is 0 Å². The molecule has 1 aromatic rings. The van der Waals surface area contributed by atoms with Gasteiger partial charge >= 0.3 is 0 Å². The fourth-order valence-corrected chi connectivity index (χ4v) is 1.23. The lowest BCUT2D eigenvalue weighted by atomic mass is 10.3. The maximum absolute atomic E-state index is 11.3. The molecule has 0 bridgehead atoms. The van der Waals surface area contributed by atoms with Crippen molar-refractivity contribution in [1.29, 1.82) is 0 Å². The molecule has 0 aliphatic carbocycles. The highest BCUT2D eigenvalue weighted by Gasteiger charge is 2.04. The molecule has 0 aliphatic rings. The van der Waals surface area contributed by atoms with Crippen molar-refractivity contribution < 1.29 is 0 Å². The third kappa shape index (κ3) is 2.29. The van der Waals surface area contributed by atoms with Gasteiger partial charge in [-0.2, -0.15) is 5.10 Å². The zero-order chi connectivity index (χ0) is 9.84. The van der Waals surface area contributed by atoms with Crippen LogP contribution in [0.15, 0.2) is 10.9 Å². The van der Waals surface area contributed by atoms with E-state index in [1.807, 2.05) is 6.92 Å². The van der Waals surface area contributed by atoms with Crippen molar-refractivity contribution in [2.75, 3.05) is 6.54 Å². The predicted molar refractivity (Wildman–Crippen MR) is 51.9 cm³/mol. The first-order valence-corrected chi connectivity index (χ1v) is 4.53. The second-order valence-corrected chi connectivity index (χ2v) is 3.06. The van der Waals surface area contributed by atoms with E-state index < -0.39 is 0 Å². The summed E-state index contributed by atoms with van der Waals surface area (Å²) in [5, 5.41) is 4.29. The lowest BCUT2D eigenvalue weighted by Crippen LogP contribution is -2.27. The molecule has 0 saturated carbocycles. The third-order valence-electron chi connectivity index (χ3n) is 1.68. The average molecular weight is 202 g/mol. The Morgan fingerprint density at radius 2 is 2.38 bits per heavy atom. The molecule has 0 fully saturated rings. The zero-order valence-electron chi connectivity index (χ0n) is 7.46. The molecule has 13 heavy (non-hydrogen) atoms. The maximum Gasteiger partial charge on any atom is 0.285 e. The van der Waals surface area contributed by atoms with Crippen molar-refractivity contribution in [1.82, 2.24) is 9.78 Å². The summed E-state index contributed by atoms with van der Waals surface area (Å²) >= 11 is 5.72. The molecule has 0 aromatic carbocycles. The Morgan fingerprint density at radius 1 is 1.69 bits per heavy atom. The highest BCUT2D eigenvalue weighted by Crippen LogP contribution is 2.03. The fraction of sp³-hybridized carbons (Fsp3) is 0.500. The van der Waals surface area contributed by atoms with Gasteiger partial charge in [0.15, 0.2) is 0 Å². The Bertz CT molecular complexity index is 348. The van der Waals surface area contributed by atoms with E-state index >= 15 is 0 Å². The highest BCUT2D eigenvalue weighted by molar-refractivity contribution is 6.30. The van der Waals surface area contributed by atoms with E-state index in [2.05, 4.69) is 5.10 Å². The molecule has 2 N–H and O–H groups in total.